The molecule has 0 spiro atoms. The molecule has 0 saturated heterocycles. The molecule has 2 heterocycles. The third kappa shape index (κ3) is 3.14. The second-order valence-electron chi connectivity index (χ2n) is 4.62. The summed E-state index contributed by atoms with van der Waals surface area (Å²) < 4.78 is 32.6. The van der Waals surface area contributed by atoms with E-state index in [2.05, 4.69) is 15.0 Å². The number of hydrogen-bond donors (Lipinski definition) is 2. The molecular formula is C14H15N3O3S. The van der Waals surface area contributed by atoms with Gasteiger partial charge in [-0.1, -0.05) is 6.07 Å². The molecule has 0 bridgehead atoms. The topological polar surface area (TPSA) is 80.3 Å². The van der Waals surface area contributed by atoms with Crippen molar-refractivity contribution in [2.45, 2.75) is 11.4 Å². The monoisotopic (exact) mass is 305 g/mol. The predicted molar refractivity (Wildman–Crippen MR) is 78.7 cm³/mol. The number of sulfonamides is 1. The summed E-state index contributed by atoms with van der Waals surface area (Å²) in [6, 6.07) is 8.37. The lowest BCUT2D eigenvalue weighted by Crippen LogP contribution is -2.24. The minimum atomic E-state index is -3.57. The Balaban J connectivity index is 1.78. The zero-order valence-electron chi connectivity index (χ0n) is 11.2. The molecule has 110 valence electrons. The number of anilines is 1. The first kappa shape index (κ1) is 13.8. The van der Waals surface area contributed by atoms with Crippen LogP contribution in [0.15, 0.2) is 47.6 Å². The van der Waals surface area contributed by atoms with Gasteiger partial charge in [-0.05, 0) is 29.8 Å². The largest absolute Gasteiger partial charge is 0.490 e. The van der Waals surface area contributed by atoms with Gasteiger partial charge in [-0.2, -0.15) is 0 Å². The standard InChI is InChI=1S/C14H15N3O3S/c18-21(19,17-10-11-2-1-5-15-9-11)12-3-4-14-13(8-12)16-6-7-20-14/h1-5,8-9,16-17H,6-7,10H2. The highest BCUT2D eigenvalue weighted by Gasteiger charge is 2.18. The zero-order valence-corrected chi connectivity index (χ0v) is 12.1. The molecule has 0 aliphatic carbocycles. The van der Waals surface area contributed by atoms with Gasteiger partial charge in [-0.15, -0.1) is 0 Å². The number of ether oxygens (including phenoxy) is 1. The van der Waals surface area contributed by atoms with Crippen LogP contribution < -0.4 is 14.8 Å². The van der Waals surface area contributed by atoms with Crippen LogP contribution in [0.5, 0.6) is 5.75 Å². The van der Waals surface area contributed by atoms with Crippen molar-refractivity contribution < 1.29 is 13.2 Å². The smallest absolute Gasteiger partial charge is 0.240 e. The minimum absolute atomic E-state index is 0.206. The van der Waals surface area contributed by atoms with Crippen LogP contribution in [0.25, 0.3) is 0 Å². The van der Waals surface area contributed by atoms with Gasteiger partial charge < -0.3 is 10.1 Å². The van der Waals surface area contributed by atoms with E-state index in [9.17, 15) is 8.42 Å². The molecule has 0 radical (unpaired) electrons. The first-order valence-electron chi connectivity index (χ1n) is 6.54. The fraction of sp³-hybridized carbons (Fsp3) is 0.214. The molecule has 1 aliphatic heterocycles. The summed E-state index contributed by atoms with van der Waals surface area (Å²) >= 11 is 0. The quantitative estimate of drug-likeness (QED) is 0.891. The summed E-state index contributed by atoms with van der Waals surface area (Å²) in [6.07, 6.45) is 3.28. The molecule has 0 amide bonds. The number of fused-ring (bicyclic) bond motifs is 1. The molecule has 0 fully saturated rings. The van der Waals surface area contributed by atoms with Crippen LogP contribution in [0, 0.1) is 0 Å². The van der Waals surface area contributed by atoms with E-state index in [1.807, 2.05) is 6.07 Å². The molecule has 6 nitrogen and oxygen atoms in total. The predicted octanol–water partition coefficient (Wildman–Crippen LogP) is 1.36. The van der Waals surface area contributed by atoms with Crippen LogP contribution in [-0.4, -0.2) is 26.6 Å². The molecule has 2 N–H and O–H groups in total. The van der Waals surface area contributed by atoms with Crippen LogP contribution >= 0.6 is 0 Å². The molecule has 1 aromatic heterocycles. The van der Waals surface area contributed by atoms with Gasteiger partial charge in [0, 0.05) is 25.5 Å². The molecule has 1 aromatic carbocycles. The summed E-state index contributed by atoms with van der Waals surface area (Å²) in [6.45, 7) is 1.45. The van der Waals surface area contributed by atoms with Crippen molar-refractivity contribution in [2.75, 3.05) is 18.5 Å². The van der Waals surface area contributed by atoms with Crippen LogP contribution in [0.4, 0.5) is 5.69 Å². The molecular weight excluding hydrogens is 290 g/mol. The molecule has 21 heavy (non-hydrogen) atoms. The van der Waals surface area contributed by atoms with Crippen molar-refractivity contribution in [1.82, 2.24) is 9.71 Å². The Labute approximate surface area is 123 Å². The highest BCUT2D eigenvalue weighted by atomic mass is 32.2. The average Bonchev–Trinajstić information content (AvgIpc) is 2.53. The van der Waals surface area contributed by atoms with Crippen molar-refractivity contribution in [3.05, 3.63) is 48.3 Å². The second kappa shape index (κ2) is 5.71. The Morgan fingerprint density at radius 2 is 2.24 bits per heavy atom. The first-order chi connectivity index (χ1) is 10.1. The number of nitrogens with zero attached hydrogens (tertiary/aromatic N) is 1. The van der Waals surface area contributed by atoms with E-state index < -0.39 is 10.0 Å². The Morgan fingerprint density at radius 3 is 3.05 bits per heavy atom. The summed E-state index contributed by atoms with van der Waals surface area (Å²) in [5.41, 5.74) is 1.51. The number of nitrogens with one attached hydrogen (secondary N) is 2. The van der Waals surface area contributed by atoms with E-state index >= 15 is 0 Å². The van der Waals surface area contributed by atoms with Gasteiger partial charge in [0.15, 0.2) is 0 Å². The zero-order chi connectivity index (χ0) is 14.7. The van der Waals surface area contributed by atoms with Crippen LogP contribution in [0.3, 0.4) is 0 Å². The van der Waals surface area contributed by atoms with E-state index in [0.717, 1.165) is 5.56 Å². The lowest BCUT2D eigenvalue weighted by Gasteiger charge is -2.19. The Kier molecular flexibility index (Phi) is 3.76. The number of aromatic nitrogens is 1. The number of rotatable bonds is 4. The third-order valence-electron chi connectivity index (χ3n) is 3.13. The SMILES string of the molecule is O=S(=O)(NCc1cccnc1)c1ccc2c(c1)NCCO2. The average molecular weight is 305 g/mol. The summed E-state index contributed by atoms with van der Waals surface area (Å²) in [7, 11) is -3.57. The second-order valence-corrected chi connectivity index (χ2v) is 6.39. The first-order valence-corrected chi connectivity index (χ1v) is 8.03. The van der Waals surface area contributed by atoms with E-state index in [4.69, 9.17) is 4.74 Å². The Hall–Kier alpha value is -2.12. The fourth-order valence-corrected chi connectivity index (χ4v) is 3.09. The van der Waals surface area contributed by atoms with Gasteiger partial charge in [-0.25, -0.2) is 13.1 Å². The van der Waals surface area contributed by atoms with E-state index in [0.29, 0.717) is 24.6 Å². The normalized spacial score (nSPS) is 13.9. The molecule has 0 saturated carbocycles. The van der Waals surface area contributed by atoms with Crippen LogP contribution in [-0.2, 0) is 16.6 Å². The Morgan fingerprint density at radius 1 is 1.33 bits per heavy atom. The number of hydrogen-bond acceptors (Lipinski definition) is 5. The summed E-state index contributed by atoms with van der Waals surface area (Å²) in [5.74, 6) is 0.674. The molecule has 2 aromatic rings. The maximum Gasteiger partial charge on any atom is 0.240 e. The summed E-state index contributed by atoms with van der Waals surface area (Å²) in [4.78, 5) is 4.17. The highest BCUT2D eigenvalue weighted by molar-refractivity contribution is 7.89. The van der Waals surface area contributed by atoms with Gasteiger partial charge in [0.05, 0.1) is 10.6 Å². The van der Waals surface area contributed by atoms with Gasteiger partial charge in [0.2, 0.25) is 10.0 Å². The molecule has 0 atom stereocenters. The lowest BCUT2D eigenvalue weighted by molar-refractivity contribution is 0.323. The Bertz CT molecular complexity index is 732. The van der Waals surface area contributed by atoms with Gasteiger partial charge in [-0.3, -0.25) is 4.98 Å². The minimum Gasteiger partial charge on any atom is -0.490 e. The van der Waals surface area contributed by atoms with Crippen molar-refractivity contribution in [1.29, 1.82) is 0 Å². The van der Waals surface area contributed by atoms with Crippen molar-refractivity contribution in [3.63, 3.8) is 0 Å². The number of pyridine rings is 1. The van der Waals surface area contributed by atoms with Crippen molar-refractivity contribution in [3.8, 4) is 5.75 Å². The van der Waals surface area contributed by atoms with Crippen molar-refractivity contribution in [2.24, 2.45) is 0 Å². The van der Waals surface area contributed by atoms with E-state index in [1.54, 1.807) is 30.6 Å². The van der Waals surface area contributed by atoms with Gasteiger partial charge >= 0.3 is 0 Å². The third-order valence-corrected chi connectivity index (χ3v) is 4.52. The molecule has 7 heteroatoms. The summed E-state index contributed by atoms with van der Waals surface area (Å²) in [5, 5.41) is 3.12. The van der Waals surface area contributed by atoms with Crippen molar-refractivity contribution >= 4 is 15.7 Å². The van der Waals surface area contributed by atoms with Crippen LogP contribution in [0.1, 0.15) is 5.56 Å². The number of benzene rings is 1. The lowest BCUT2D eigenvalue weighted by atomic mass is 10.2. The van der Waals surface area contributed by atoms with Gasteiger partial charge in [0.25, 0.3) is 0 Å². The molecule has 0 unspecified atom stereocenters. The van der Waals surface area contributed by atoms with Crippen LogP contribution in [0.2, 0.25) is 0 Å². The fourth-order valence-electron chi connectivity index (χ4n) is 2.05. The van der Waals surface area contributed by atoms with E-state index in [-0.39, 0.29) is 11.4 Å². The molecule has 1 aliphatic rings. The highest BCUT2D eigenvalue weighted by Crippen LogP contribution is 2.29. The maximum absolute atomic E-state index is 12.3. The van der Waals surface area contributed by atoms with E-state index in [1.165, 1.54) is 6.07 Å². The molecule has 3 rings (SSSR count). The maximum atomic E-state index is 12.3. The van der Waals surface area contributed by atoms with Gasteiger partial charge in [0.1, 0.15) is 12.4 Å².